The lowest BCUT2D eigenvalue weighted by molar-refractivity contribution is -0.130. The second kappa shape index (κ2) is 7.56. The van der Waals surface area contributed by atoms with Crippen LogP contribution >= 0.6 is 0 Å². The maximum Gasteiger partial charge on any atom is 0.242 e. The zero-order chi connectivity index (χ0) is 17.9. The van der Waals surface area contributed by atoms with Gasteiger partial charge in [0.05, 0.1) is 6.54 Å². The Kier molecular flexibility index (Phi) is 5.00. The topological polar surface area (TPSA) is 61.7 Å². The molecule has 0 bridgehead atoms. The molecule has 6 nitrogen and oxygen atoms in total. The van der Waals surface area contributed by atoms with Gasteiger partial charge in [-0.2, -0.15) is 0 Å². The molecule has 0 aromatic carbocycles. The molecule has 1 aromatic rings. The molecule has 0 unspecified atom stereocenters. The van der Waals surface area contributed by atoms with Crippen LogP contribution in [0.15, 0.2) is 17.1 Å². The maximum atomic E-state index is 12.7. The quantitative estimate of drug-likeness (QED) is 0.832. The Balaban J connectivity index is 1.58. The van der Waals surface area contributed by atoms with Gasteiger partial charge in [-0.05, 0) is 51.0 Å². The van der Waals surface area contributed by atoms with Gasteiger partial charge >= 0.3 is 0 Å². The zero-order valence-electron chi connectivity index (χ0n) is 15.6. The summed E-state index contributed by atoms with van der Waals surface area (Å²) in [6, 6.07) is 0. The first-order valence-corrected chi connectivity index (χ1v) is 9.82. The highest BCUT2D eigenvalue weighted by Gasteiger charge is 2.25. The van der Waals surface area contributed by atoms with Crippen molar-refractivity contribution in [2.24, 2.45) is 4.99 Å². The molecule has 1 fully saturated rings. The van der Waals surface area contributed by atoms with Crippen molar-refractivity contribution in [3.05, 3.63) is 29.2 Å². The van der Waals surface area contributed by atoms with Gasteiger partial charge in [0.1, 0.15) is 11.5 Å². The Morgan fingerprint density at radius 2 is 2.00 bits per heavy atom. The molecular formula is C20H27N5O. The Labute approximate surface area is 155 Å². The minimum atomic E-state index is 0.203. The van der Waals surface area contributed by atoms with Gasteiger partial charge in [-0.25, -0.2) is 9.97 Å². The number of aryl methyl sites for hydroxylation is 1. The number of carbonyl (C=O) groups is 1. The molecule has 0 spiro atoms. The molecule has 0 N–H and O–H groups in total. The largest absolute Gasteiger partial charge is 0.350 e. The lowest BCUT2D eigenvalue weighted by Crippen LogP contribution is -2.42. The summed E-state index contributed by atoms with van der Waals surface area (Å²) in [4.78, 5) is 30.9. The molecule has 1 aromatic heterocycles. The highest BCUT2D eigenvalue weighted by atomic mass is 16.2. The van der Waals surface area contributed by atoms with Crippen molar-refractivity contribution in [2.75, 3.05) is 38.1 Å². The van der Waals surface area contributed by atoms with E-state index in [1.54, 1.807) is 0 Å². The number of piperidine rings is 1. The number of rotatable bonds is 4. The fourth-order valence-corrected chi connectivity index (χ4v) is 4.02. The number of amides is 1. The van der Waals surface area contributed by atoms with Gasteiger partial charge in [-0.1, -0.05) is 6.08 Å². The first kappa shape index (κ1) is 17.2. The average Bonchev–Trinajstić information content (AvgIpc) is 3.17. The van der Waals surface area contributed by atoms with Crippen LogP contribution in [-0.2, 0) is 17.6 Å². The lowest BCUT2D eigenvalue weighted by atomic mass is 10.1. The third kappa shape index (κ3) is 3.50. The van der Waals surface area contributed by atoms with Gasteiger partial charge in [0.2, 0.25) is 5.91 Å². The third-order valence-electron chi connectivity index (χ3n) is 5.44. The first-order valence-electron chi connectivity index (χ1n) is 9.82. The van der Waals surface area contributed by atoms with Gasteiger partial charge in [0, 0.05) is 37.9 Å². The minimum Gasteiger partial charge on any atom is -0.350 e. The van der Waals surface area contributed by atoms with E-state index >= 15 is 0 Å². The highest BCUT2D eigenvalue weighted by Crippen LogP contribution is 2.29. The number of nitrogens with zero attached hydrogens (tertiary/aromatic N) is 5. The van der Waals surface area contributed by atoms with Gasteiger partial charge < -0.3 is 9.80 Å². The molecule has 6 heteroatoms. The molecule has 0 atom stereocenters. The van der Waals surface area contributed by atoms with E-state index in [4.69, 9.17) is 9.97 Å². The summed E-state index contributed by atoms with van der Waals surface area (Å²) < 4.78 is 0. The van der Waals surface area contributed by atoms with Gasteiger partial charge in [-0.3, -0.25) is 9.79 Å². The number of likely N-dealkylation sites (tertiary alicyclic amines) is 1. The van der Waals surface area contributed by atoms with Gasteiger partial charge in [0.15, 0.2) is 5.82 Å². The number of aromatic nitrogens is 2. The first-order chi connectivity index (χ1) is 12.7. The van der Waals surface area contributed by atoms with Gasteiger partial charge in [0.25, 0.3) is 0 Å². The van der Waals surface area contributed by atoms with Crippen LogP contribution in [0.5, 0.6) is 0 Å². The average molecular weight is 353 g/mol. The van der Waals surface area contributed by atoms with Gasteiger partial charge in [-0.15, -0.1) is 0 Å². The van der Waals surface area contributed by atoms with E-state index in [9.17, 15) is 4.79 Å². The summed E-state index contributed by atoms with van der Waals surface area (Å²) in [5, 5.41) is 0. The number of fused-ring (bicyclic) bond motifs is 1. The van der Waals surface area contributed by atoms with Crippen molar-refractivity contribution in [2.45, 2.75) is 44.9 Å². The number of hydrogen-bond donors (Lipinski definition) is 0. The van der Waals surface area contributed by atoms with E-state index in [0.717, 1.165) is 75.4 Å². The third-order valence-corrected chi connectivity index (χ3v) is 5.44. The standard InChI is InChI=1S/C20H27N5O/c1-24(14-18(26)25-12-5-2-6-13-25)20-15-8-7-10-16(15)22-19(23-20)17-9-3-4-11-21-17/h3,9H,2,4-8,10-14H2,1H3. The van der Waals surface area contributed by atoms with E-state index in [-0.39, 0.29) is 5.91 Å². The predicted molar refractivity (Wildman–Crippen MR) is 103 cm³/mol. The molecule has 2 aliphatic heterocycles. The minimum absolute atomic E-state index is 0.203. The van der Waals surface area contributed by atoms with Crippen molar-refractivity contribution >= 4 is 17.4 Å². The molecule has 4 rings (SSSR count). The summed E-state index contributed by atoms with van der Waals surface area (Å²) >= 11 is 0. The maximum absolute atomic E-state index is 12.7. The number of anilines is 1. The van der Waals surface area contributed by atoms with E-state index in [0.29, 0.717) is 12.4 Å². The Morgan fingerprint density at radius 1 is 1.15 bits per heavy atom. The van der Waals surface area contributed by atoms with Crippen LogP contribution < -0.4 is 4.90 Å². The highest BCUT2D eigenvalue weighted by molar-refractivity contribution is 6.06. The number of aliphatic imine (C=N–C) groups is 1. The SMILES string of the molecule is CN(CC(=O)N1CCCCC1)c1nc(C2=NCCC=C2)nc2c1CCC2. The summed E-state index contributed by atoms with van der Waals surface area (Å²) in [5.41, 5.74) is 3.20. The summed E-state index contributed by atoms with van der Waals surface area (Å²) in [5.74, 6) is 1.82. The van der Waals surface area contributed by atoms with Crippen LogP contribution in [0.3, 0.4) is 0 Å². The van der Waals surface area contributed by atoms with Crippen molar-refractivity contribution < 1.29 is 4.79 Å². The Hall–Kier alpha value is -2.24. The van der Waals surface area contributed by atoms with Crippen LogP contribution in [0.25, 0.3) is 0 Å². The summed E-state index contributed by atoms with van der Waals surface area (Å²) in [7, 11) is 1.98. The van der Waals surface area contributed by atoms with E-state index in [1.807, 2.05) is 22.9 Å². The fraction of sp³-hybridized carbons (Fsp3) is 0.600. The van der Waals surface area contributed by atoms with Crippen molar-refractivity contribution in [1.29, 1.82) is 0 Å². The summed E-state index contributed by atoms with van der Waals surface area (Å²) in [6.07, 6.45) is 11.7. The van der Waals surface area contributed by atoms with Crippen LogP contribution in [0, 0.1) is 0 Å². The van der Waals surface area contributed by atoms with E-state index < -0.39 is 0 Å². The Bertz CT molecular complexity index is 749. The molecule has 138 valence electrons. The fourth-order valence-electron chi connectivity index (χ4n) is 4.02. The van der Waals surface area contributed by atoms with Crippen molar-refractivity contribution in [3.63, 3.8) is 0 Å². The van der Waals surface area contributed by atoms with Crippen molar-refractivity contribution in [3.8, 4) is 0 Å². The molecule has 3 heterocycles. The molecule has 26 heavy (non-hydrogen) atoms. The van der Waals surface area contributed by atoms with Crippen LogP contribution in [0.2, 0.25) is 0 Å². The lowest BCUT2D eigenvalue weighted by Gasteiger charge is -2.29. The van der Waals surface area contributed by atoms with Crippen molar-refractivity contribution in [1.82, 2.24) is 14.9 Å². The molecular weight excluding hydrogens is 326 g/mol. The molecule has 1 amide bonds. The smallest absolute Gasteiger partial charge is 0.242 e. The Morgan fingerprint density at radius 3 is 2.77 bits per heavy atom. The van der Waals surface area contributed by atoms with E-state index in [1.165, 1.54) is 12.0 Å². The number of dihydropyridines is 1. The number of hydrogen-bond acceptors (Lipinski definition) is 5. The monoisotopic (exact) mass is 353 g/mol. The number of likely N-dealkylation sites (N-methyl/N-ethyl adjacent to an activating group) is 1. The second-order valence-corrected chi connectivity index (χ2v) is 7.41. The zero-order valence-corrected chi connectivity index (χ0v) is 15.6. The molecule has 1 aliphatic carbocycles. The summed E-state index contributed by atoms with van der Waals surface area (Å²) in [6.45, 7) is 2.96. The van der Waals surface area contributed by atoms with Crippen LogP contribution in [0.1, 0.15) is 49.2 Å². The molecule has 0 saturated carbocycles. The van der Waals surface area contributed by atoms with E-state index in [2.05, 4.69) is 11.1 Å². The second-order valence-electron chi connectivity index (χ2n) is 7.41. The van der Waals surface area contributed by atoms with Crippen LogP contribution in [0.4, 0.5) is 5.82 Å². The van der Waals surface area contributed by atoms with Crippen LogP contribution in [-0.4, -0.2) is 59.7 Å². The number of allylic oxidation sites excluding steroid dienone is 1. The molecule has 3 aliphatic rings. The predicted octanol–water partition coefficient (Wildman–Crippen LogP) is 2.16. The molecule has 1 saturated heterocycles. The normalized spacial score (nSPS) is 19.3. The molecule has 0 radical (unpaired) electrons. The number of carbonyl (C=O) groups excluding carboxylic acids is 1.